The molecule has 4 N–H and O–H groups in total. The number of amides is 2. The Hall–Kier alpha value is -2.28. The first-order chi connectivity index (χ1) is 12.2. The second-order valence-electron chi connectivity index (χ2n) is 7.41. The van der Waals surface area contributed by atoms with Crippen molar-refractivity contribution in [3.05, 3.63) is 35.9 Å². The molecule has 3 atom stereocenters. The fourth-order valence-electron chi connectivity index (χ4n) is 3.19. The molecule has 144 valence electrons. The lowest BCUT2D eigenvalue weighted by atomic mass is 9.89. The van der Waals surface area contributed by atoms with Gasteiger partial charge in [0.25, 0.3) is 0 Å². The predicted molar refractivity (Wildman–Crippen MR) is 97.1 cm³/mol. The summed E-state index contributed by atoms with van der Waals surface area (Å²) in [5.41, 5.74) is 0.552. The average Bonchev–Trinajstić information content (AvgIpc) is 2.55. The molecular formula is C19H28N2O5. The monoisotopic (exact) mass is 364 g/mol. The van der Waals surface area contributed by atoms with Crippen LogP contribution in [0.3, 0.4) is 0 Å². The fourth-order valence-corrected chi connectivity index (χ4v) is 3.19. The van der Waals surface area contributed by atoms with Crippen LogP contribution in [0.5, 0.6) is 0 Å². The van der Waals surface area contributed by atoms with Crippen LogP contribution in [0.4, 0.5) is 9.59 Å². The number of carbonyl (C=O) groups excluding carboxylic acids is 1. The third-order valence-electron chi connectivity index (χ3n) is 4.68. The first-order valence-corrected chi connectivity index (χ1v) is 8.96. The SMILES string of the molecule is CC(C)(CCc1ccccc1)OC(=O)N[C@@H]1CC[C@@H](NC(=O)O)C[C@H]1O. The molecule has 0 saturated heterocycles. The molecule has 0 aliphatic heterocycles. The zero-order valence-electron chi connectivity index (χ0n) is 15.3. The Labute approximate surface area is 153 Å². The molecule has 0 bridgehead atoms. The molecule has 1 fully saturated rings. The number of hydrogen-bond donors (Lipinski definition) is 4. The summed E-state index contributed by atoms with van der Waals surface area (Å²) in [5, 5.41) is 24.0. The van der Waals surface area contributed by atoms with Crippen LogP contribution < -0.4 is 10.6 Å². The molecule has 0 radical (unpaired) electrons. The highest BCUT2D eigenvalue weighted by atomic mass is 16.6. The summed E-state index contributed by atoms with van der Waals surface area (Å²) < 4.78 is 5.53. The molecule has 1 aliphatic rings. The second-order valence-corrected chi connectivity index (χ2v) is 7.41. The zero-order valence-corrected chi connectivity index (χ0v) is 15.3. The molecular weight excluding hydrogens is 336 g/mol. The van der Waals surface area contributed by atoms with E-state index in [-0.39, 0.29) is 12.5 Å². The van der Waals surface area contributed by atoms with E-state index in [9.17, 15) is 14.7 Å². The Balaban J connectivity index is 1.77. The standard InChI is InChI=1S/C19H28N2O5/c1-19(2,11-10-13-6-4-3-5-7-13)26-18(25)21-15-9-8-14(12-16(15)22)20-17(23)24/h3-7,14-16,20,22H,8-12H2,1-2H3,(H,21,25)(H,23,24)/t14-,15-,16-/m1/s1. The Morgan fingerprint density at radius 1 is 1.19 bits per heavy atom. The molecule has 0 spiro atoms. The van der Waals surface area contributed by atoms with Crippen LogP contribution in [0.2, 0.25) is 0 Å². The minimum absolute atomic E-state index is 0.272. The van der Waals surface area contributed by atoms with Gasteiger partial charge < -0.3 is 25.6 Å². The lowest BCUT2D eigenvalue weighted by Crippen LogP contribution is -2.52. The molecule has 1 aliphatic carbocycles. The van der Waals surface area contributed by atoms with E-state index in [1.54, 1.807) is 0 Å². The Morgan fingerprint density at radius 2 is 1.88 bits per heavy atom. The third kappa shape index (κ3) is 6.55. The van der Waals surface area contributed by atoms with E-state index >= 15 is 0 Å². The highest BCUT2D eigenvalue weighted by molar-refractivity contribution is 5.68. The summed E-state index contributed by atoms with van der Waals surface area (Å²) in [4.78, 5) is 22.9. The number of alkyl carbamates (subject to hydrolysis) is 1. The number of aliphatic hydroxyl groups excluding tert-OH is 1. The van der Waals surface area contributed by atoms with E-state index in [4.69, 9.17) is 9.84 Å². The number of ether oxygens (including phenoxy) is 1. The van der Waals surface area contributed by atoms with Crippen LogP contribution in [0, 0.1) is 0 Å². The third-order valence-corrected chi connectivity index (χ3v) is 4.68. The van der Waals surface area contributed by atoms with E-state index in [1.165, 1.54) is 5.56 Å². The molecule has 2 amide bonds. The van der Waals surface area contributed by atoms with Crippen LogP contribution in [-0.2, 0) is 11.2 Å². The number of hydrogen-bond acceptors (Lipinski definition) is 4. The number of nitrogens with one attached hydrogen (secondary N) is 2. The summed E-state index contributed by atoms with van der Waals surface area (Å²) in [6.45, 7) is 3.72. The highest BCUT2D eigenvalue weighted by Gasteiger charge is 2.32. The van der Waals surface area contributed by atoms with E-state index in [0.717, 1.165) is 6.42 Å². The lowest BCUT2D eigenvalue weighted by molar-refractivity contribution is 0.0190. The molecule has 7 heteroatoms. The van der Waals surface area contributed by atoms with Gasteiger partial charge in [-0.2, -0.15) is 0 Å². The molecule has 26 heavy (non-hydrogen) atoms. The summed E-state index contributed by atoms with van der Waals surface area (Å²) in [5.74, 6) is 0. The van der Waals surface area contributed by atoms with E-state index in [2.05, 4.69) is 10.6 Å². The van der Waals surface area contributed by atoms with Crippen molar-refractivity contribution in [1.82, 2.24) is 10.6 Å². The number of benzene rings is 1. The molecule has 7 nitrogen and oxygen atoms in total. The molecule has 1 aromatic carbocycles. The van der Waals surface area contributed by atoms with Gasteiger partial charge in [0.05, 0.1) is 12.1 Å². The molecule has 2 rings (SSSR count). The number of aliphatic hydroxyl groups is 1. The molecule has 1 saturated carbocycles. The van der Waals surface area contributed by atoms with E-state index < -0.39 is 29.9 Å². The smallest absolute Gasteiger partial charge is 0.407 e. The van der Waals surface area contributed by atoms with Gasteiger partial charge in [0.1, 0.15) is 5.60 Å². The Bertz CT molecular complexity index is 605. The largest absolute Gasteiger partial charge is 0.465 e. The van der Waals surface area contributed by atoms with Gasteiger partial charge in [-0.15, -0.1) is 0 Å². The van der Waals surface area contributed by atoms with Crippen LogP contribution in [0.25, 0.3) is 0 Å². The minimum Gasteiger partial charge on any atom is -0.465 e. The van der Waals surface area contributed by atoms with Gasteiger partial charge >= 0.3 is 12.2 Å². The minimum atomic E-state index is -1.10. The zero-order chi connectivity index (χ0) is 19.2. The first kappa shape index (κ1) is 20.0. The van der Waals surface area contributed by atoms with Gasteiger partial charge in [-0.1, -0.05) is 30.3 Å². The van der Waals surface area contributed by atoms with Crippen molar-refractivity contribution in [3.63, 3.8) is 0 Å². The van der Waals surface area contributed by atoms with E-state index in [1.807, 2.05) is 44.2 Å². The van der Waals surface area contributed by atoms with Crippen LogP contribution in [-0.4, -0.2) is 46.2 Å². The van der Waals surface area contributed by atoms with Crippen LogP contribution in [0.15, 0.2) is 30.3 Å². The van der Waals surface area contributed by atoms with Crippen LogP contribution >= 0.6 is 0 Å². The van der Waals surface area contributed by atoms with Gasteiger partial charge in [-0.25, -0.2) is 9.59 Å². The van der Waals surface area contributed by atoms with Gasteiger partial charge in [0.15, 0.2) is 0 Å². The molecule has 0 heterocycles. The summed E-state index contributed by atoms with van der Waals surface area (Å²) in [6.07, 6.45) is 0.342. The summed E-state index contributed by atoms with van der Waals surface area (Å²) in [7, 11) is 0. The van der Waals surface area contributed by atoms with Crippen molar-refractivity contribution in [2.45, 2.75) is 69.7 Å². The van der Waals surface area contributed by atoms with Gasteiger partial charge in [0.2, 0.25) is 0 Å². The van der Waals surface area contributed by atoms with Crippen molar-refractivity contribution in [3.8, 4) is 0 Å². The maximum absolute atomic E-state index is 12.2. The molecule has 0 unspecified atom stereocenters. The topological polar surface area (TPSA) is 108 Å². The van der Waals surface area contributed by atoms with Crippen molar-refractivity contribution in [2.24, 2.45) is 0 Å². The Morgan fingerprint density at radius 3 is 2.50 bits per heavy atom. The number of rotatable bonds is 6. The van der Waals surface area contributed by atoms with Crippen molar-refractivity contribution in [2.75, 3.05) is 0 Å². The Kier molecular flexibility index (Phi) is 6.85. The second kappa shape index (κ2) is 8.89. The van der Waals surface area contributed by atoms with Crippen molar-refractivity contribution >= 4 is 12.2 Å². The molecule has 1 aromatic rings. The quantitative estimate of drug-likeness (QED) is 0.621. The number of carboxylic acid groups (broad SMARTS) is 1. The van der Waals surface area contributed by atoms with Crippen molar-refractivity contribution < 1.29 is 24.5 Å². The fraction of sp³-hybridized carbons (Fsp3) is 0.579. The lowest BCUT2D eigenvalue weighted by Gasteiger charge is -2.34. The maximum Gasteiger partial charge on any atom is 0.407 e. The van der Waals surface area contributed by atoms with Gasteiger partial charge in [0, 0.05) is 6.04 Å². The number of aryl methyl sites for hydroxylation is 1. The average molecular weight is 364 g/mol. The highest BCUT2D eigenvalue weighted by Crippen LogP contribution is 2.21. The first-order valence-electron chi connectivity index (χ1n) is 8.96. The summed E-state index contributed by atoms with van der Waals surface area (Å²) in [6, 6.07) is 9.27. The van der Waals surface area contributed by atoms with Crippen molar-refractivity contribution in [1.29, 1.82) is 0 Å². The number of carbonyl (C=O) groups is 2. The van der Waals surface area contributed by atoms with Crippen LogP contribution in [0.1, 0.15) is 45.1 Å². The normalized spacial score (nSPS) is 23.1. The predicted octanol–water partition coefficient (Wildman–Crippen LogP) is 2.67. The van der Waals surface area contributed by atoms with Gasteiger partial charge in [-0.05, 0) is 51.5 Å². The maximum atomic E-state index is 12.2. The molecule has 0 aromatic heterocycles. The summed E-state index contributed by atoms with van der Waals surface area (Å²) >= 11 is 0. The van der Waals surface area contributed by atoms with Gasteiger partial charge in [-0.3, -0.25) is 0 Å². The van der Waals surface area contributed by atoms with E-state index in [0.29, 0.717) is 19.3 Å².